The van der Waals surface area contributed by atoms with Crippen molar-refractivity contribution >= 4 is 0 Å². The molecule has 94 valence electrons. The van der Waals surface area contributed by atoms with Crippen molar-refractivity contribution in [1.82, 2.24) is 9.55 Å². The van der Waals surface area contributed by atoms with Gasteiger partial charge in [0, 0.05) is 24.8 Å². The lowest BCUT2D eigenvalue weighted by molar-refractivity contribution is 0.191. The molecule has 3 rings (SSSR count). The fraction of sp³-hybridized carbons (Fsp3) is 0.786. The monoisotopic (exact) mass is 234 g/mol. The maximum atomic E-state index is 5.51. The Balaban J connectivity index is 1.92. The van der Waals surface area contributed by atoms with Gasteiger partial charge in [0.15, 0.2) is 0 Å². The Labute approximate surface area is 103 Å². The van der Waals surface area contributed by atoms with E-state index in [2.05, 4.69) is 24.6 Å². The van der Waals surface area contributed by atoms with E-state index in [1.807, 2.05) is 0 Å². The van der Waals surface area contributed by atoms with Crippen LogP contribution in [-0.2, 0) is 4.74 Å². The van der Waals surface area contributed by atoms with Crippen molar-refractivity contribution in [3.8, 4) is 0 Å². The first-order chi connectivity index (χ1) is 8.25. The summed E-state index contributed by atoms with van der Waals surface area (Å²) < 4.78 is 7.97. The van der Waals surface area contributed by atoms with Crippen LogP contribution in [-0.4, -0.2) is 22.8 Å². The molecule has 0 spiro atoms. The van der Waals surface area contributed by atoms with E-state index in [1.54, 1.807) is 0 Å². The van der Waals surface area contributed by atoms with Crippen LogP contribution in [0.25, 0.3) is 0 Å². The first kappa shape index (κ1) is 11.3. The van der Waals surface area contributed by atoms with Gasteiger partial charge in [-0.15, -0.1) is 0 Å². The highest BCUT2D eigenvalue weighted by Gasteiger charge is 2.29. The van der Waals surface area contributed by atoms with Crippen molar-refractivity contribution in [2.75, 3.05) is 13.2 Å². The van der Waals surface area contributed by atoms with Crippen molar-refractivity contribution in [2.24, 2.45) is 0 Å². The summed E-state index contributed by atoms with van der Waals surface area (Å²) in [4.78, 5) is 4.88. The van der Waals surface area contributed by atoms with Crippen LogP contribution in [0.1, 0.15) is 68.9 Å². The highest BCUT2D eigenvalue weighted by atomic mass is 16.5. The predicted molar refractivity (Wildman–Crippen MR) is 67.4 cm³/mol. The average molecular weight is 234 g/mol. The number of aromatic nitrogens is 2. The molecule has 1 aromatic heterocycles. The largest absolute Gasteiger partial charge is 0.381 e. The van der Waals surface area contributed by atoms with E-state index in [0.29, 0.717) is 17.9 Å². The summed E-state index contributed by atoms with van der Waals surface area (Å²) in [6.45, 7) is 6.21. The van der Waals surface area contributed by atoms with Gasteiger partial charge in [-0.1, -0.05) is 13.8 Å². The molecule has 1 saturated carbocycles. The van der Waals surface area contributed by atoms with E-state index in [9.17, 15) is 0 Å². The van der Waals surface area contributed by atoms with Gasteiger partial charge in [0.2, 0.25) is 0 Å². The summed E-state index contributed by atoms with van der Waals surface area (Å²) >= 11 is 0. The molecule has 1 aliphatic heterocycles. The molecule has 0 amide bonds. The number of nitrogens with zero attached hydrogens (tertiary/aromatic N) is 2. The summed E-state index contributed by atoms with van der Waals surface area (Å²) in [5.74, 6) is 2.34. The quantitative estimate of drug-likeness (QED) is 0.802. The molecule has 0 radical (unpaired) electrons. The Morgan fingerprint density at radius 3 is 2.71 bits per heavy atom. The third kappa shape index (κ3) is 2.01. The first-order valence-corrected chi connectivity index (χ1v) is 6.92. The SMILES string of the molecule is CC(C)c1cn(C2CCC2)c(C2CCOC2)n1. The van der Waals surface area contributed by atoms with Gasteiger partial charge in [-0.2, -0.15) is 0 Å². The van der Waals surface area contributed by atoms with Crippen LogP contribution >= 0.6 is 0 Å². The molecule has 1 saturated heterocycles. The molecular weight excluding hydrogens is 212 g/mol. The molecule has 0 N–H and O–H groups in total. The van der Waals surface area contributed by atoms with Crippen molar-refractivity contribution in [3.63, 3.8) is 0 Å². The minimum atomic E-state index is 0.525. The van der Waals surface area contributed by atoms with Gasteiger partial charge >= 0.3 is 0 Å². The molecule has 2 heterocycles. The lowest BCUT2D eigenvalue weighted by atomic mass is 9.92. The Bertz CT molecular complexity index is 387. The van der Waals surface area contributed by atoms with Crippen LogP contribution in [0.3, 0.4) is 0 Å². The Morgan fingerprint density at radius 2 is 2.18 bits per heavy atom. The van der Waals surface area contributed by atoms with Crippen LogP contribution in [0.2, 0.25) is 0 Å². The fourth-order valence-corrected chi connectivity index (χ4v) is 2.70. The Kier molecular flexibility index (Phi) is 2.95. The smallest absolute Gasteiger partial charge is 0.114 e. The number of ether oxygens (including phenoxy) is 1. The second kappa shape index (κ2) is 4.45. The number of hydrogen-bond donors (Lipinski definition) is 0. The molecule has 3 heteroatoms. The van der Waals surface area contributed by atoms with Crippen LogP contribution < -0.4 is 0 Å². The van der Waals surface area contributed by atoms with Crippen LogP contribution in [0.5, 0.6) is 0 Å². The number of rotatable bonds is 3. The summed E-state index contributed by atoms with van der Waals surface area (Å²) in [6.07, 6.45) is 7.47. The number of hydrogen-bond acceptors (Lipinski definition) is 2. The Hall–Kier alpha value is -0.830. The molecular formula is C14H22N2O. The molecule has 1 atom stereocenters. The zero-order chi connectivity index (χ0) is 11.8. The topological polar surface area (TPSA) is 27.1 Å². The van der Waals surface area contributed by atoms with E-state index in [0.717, 1.165) is 19.6 Å². The van der Waals surface area contributed by atoms with E-state index < -0.39 is 0 Å². The summed E-state index contributed by atoms with van der Waals surface area (Å²) in [6, 6.07) is 0.714. The van der Waals surface area contributed by atoms with Crippen LogP contribution in [0, 0.1) is 0 Å². The average Bonchev–Trinajstić information content (AvgIpc) is 2.80. The number of imidazole rings is 1. The second-order valence-electron chi connectivity index (χ2n) is 5.73. The molecule has 0 aromatic carbocycles. The third-order valence-electron chi connectivity index (χ3n) is 4.13. The second-order valence-corrected chi connectivity index (χ2v) is 5.73. The van der Waals surface area contributed by atoms with E-state index >= 15 is 0 Å². The molecule has 1 aromatic rings. The van der Waals surface area contributed by atoms with E-state index in [4.69, 9.17) is 9.72 Å². The van der Waals surface area contributed by atoms with Gasteiger partial charge < -0.3 is 9.30 Å². The van der Waals surface area contributed by atoms with Crippen molar-refractivity contribution < 1.29 is 4.74 Å². The zero-order valence-electron chi connectivity index (χ0n) is 10.9. The molecule has 17 heavy (non-hydrogen) atoms. The summed E-state index contributed by atoms with van der Waals surface area (Å²) in [5, 5.41) is 0. The van der Waals surface area contributed by atoms with Gasteiger partial charge in [0.05, 0.1) is 12.3 Å². The van der Waals surface area contributed by atoms with Gasteiger partial charge in [0.1, 0.15) is 5.82 Å². The highest BCUT2D eigenvalue weighted by Crippen LogP contribution is 2.36. The van der Waals surface area contributed by atoms with Gasteiger partial charge in [-0.25, -0.2) is 4.98 Å². The van der Waals surface area contributed by atoms with Crippen LogP contribution in [0.4, 0.5) is 0 Å². The first-order valence-electron chi connectivity index (χ1n) is 6.92. The van der Waals surface area contributed by atoms with Gasteiger partial charge in [0.25, 0.3) is 0 Å². The van der Waals surface area contributed by atoms with Crippen molar-refractivity contribution in [1.29, 1.82) is 0 Å². The maximum Gasteiger partial charge on any atom is 0.114 e. The van der Waals surface area contributed by atoms with Gasteiger partial charge in [-0.05, 0) is 31.6 Å². The van der Waals surface area contributed by atoms with Crippen LogP contribution in [0.15, 0.2) is 6.20 Å². The summed E-state index contributed by atoms with van der Waals surface area (Å²) in [5.41, 5.74) is 1.25. The third-order valence-corrected chi connectivity index (χ3v) is 4.13. The van der Waals surface area contributed by atoms with E-state index in [1.165, 1.54) is 30.8 Å². The standard InChI is InChI=1S/C14H22N2O/c1-10(2)13-8-16(12-4-3-5-12)14(15-13)11-6-7-17-9-11/h8,10-12H,3-7,9H2,1-2H3. The molecule has 1 aliphatic carbocycles. The Morgan fingerprint density at radius 1 is 1.35 bits per heavy atom. The maximum absolute atomic E-state index is 5.51. The molecule has 2 aliphatic rings. The summed E-state index contributed by atoms with van der Waals surface area (Å²) in [7, 11) is 0. The molecule has 3 nitrogen and oxygen atoms in total. The molecule has 2 fully saturated rings. The highest BCUT2D eigenvalue weighted by molar-refractivity contribution is 5.14. The predicted octanol–water partition coefficient (Wildman–Crippen LogP) is 3.24. The zero-order valence-corrected chi connectivity index (χ0v) is 10.9. The fourth-order valence-electron chi connectivity index (χ4n) is 2.70. The van der Waals surface area contributed by atoms with Crippen molar-refractivity contribution in [3.05, 3.63) is 17.7 Å². The van der Waals surface area contributed by atoms with E-state index in [-0.39, 0.29) is 0 Å². The normalized spacial score (nSPS) is 25.5. The lowest BCUT2D eigenvalue weighted by Crippen LogP contribution is -2.20. The lowest BCUT2D eigenvalue weighted by Gasteiger charge is -2.29. The molecule has 0 bridgehead atoms. The minimum absolute atomic E-state index is 0.525. The minimum Gasteiger partial charge on any atom is -0.381 e. The molecule has 1 unspecified atom stereocenters. The van der Waals surface area contributed by atoms with Crippen molar-refractivity contribution in [2.45, 2.75) is 57.4 Å². The van der Waals surface area contributed by atoms with Gasteiger partial charge in [-0.3, -0.25) is 0 Å².